The Morgan fingerprint density at radius 2 is 2.04 bits per heavy atom. The molecule has 0 radical (unpaired) electrons. The summed E-state index contributed by atoms with van der Waals surface area (Å²) in [7, 11) is 0. The van der Waals surface area contributed by atoms with E-state index < -0.39 is 25.0 Å². The Hall–Kier alpha value is -2.52. The van der Waals surface area contributed by atoms with E-state index in [1.807, 2.05) is 0 Å². The number of halogens is 2. The number of carboxylic acid groups (broad SMARTS) is 1. The molecule has 2 aromatic carbocycles. The van der Waals surface area contributed by atoms with Gasteiger partial charge >= 0.3 is 12.6 Å². The lowest BCUT2D eigenvalue weighted by Crippen LogP contribution is -2.33. The van der Waals surface area contributed by atoms with E-state index in [0.29, 0.717) is 10.9 Å². The van der Waals surface area contributed by atoms with Crippen molar-refractivity contribution in [3.05, 3.63) is 46.9 Å². The van der Waals surface area contributed by atoms with Gasteiger partial charge in [0.05, 0.1) is 4.91 Å². The molecule has 0 aliphatic carbocycles. The molecule has 1 saturated heterocycles. The number of thioether (sulfide) groups is 1. The number of benzene rings is 2. The highest BCUT2D eigenvalue weighted by Crippen LogP contribution is 2.37. The van der Waals surface area contributed by atoms with Crippen LogP contribution in [0.3, 0.4) is 0 Å². The fraction of sp³-hybridized carbons (Fsp3) is 0.118. The van der Waals surface area contributed by atoms with E-state index in [2.05, 4.69) is 4.74 Å². The molecule has 3 rings (SSSR count). The van der Waals surface area contributed by atoms with Gasteiger partial charge in [-0.1, -0.05) is 54.3 Å². The topological polar surface area (TPSA) is 66.8 Å². The van der Waals surface area contributed by atoms with E-state index in [4.69, 9.17) is 17.3 Å². The van der Waals surface area contributed by atoms with Gasteiger partial charge in [0.25, 0.3) is 5.91 Å². The molecule has 1 aliphatic heterocycles. The van der Waals surface area contributed by atoms with Crippen molar-refractivity contribution in [3.63, 3.8) is 0 Å². The first-order valence-corrected chi connectivity index (χ1v) is 8.53. The predicted octanol–water partition coefficient (Wildman–Crippen LogP) is 3.73. The number of amides is 1. The third-order valence-corrected chi connectivity index (χ3v) is 4.97. The summed E-state index contributed by atoms with van der Waals surface area (Å²) < 4.78 is 30.2. The Kier molecular flexibility index (Phi) is 5.19. The van der Waals surface area contributed by atoms with Crippen LogP contribution in [0.15, 0.2) is 41.3 Å². The SMILES string of the molecule is O=C(O)CN1C(=O)/C(=C\c2c(OC(F)F)ccc3ccccc23)SC1=S. The van der Waals surface area contributed by atoms with Crippen LogP contribution < -0.4 is 4.74 Å². The van der Waals surface area contributed by atoms with Gasteiger partial charge in [-0.15, -0.1) is 0 Å². The lowest BCUT2D eigenvalue weighted by Gasteiger charge is -2.12. The standard InChI is InChI=1S/C17H11F2NO4S2/c18-16(19)24-12-6-5-9-3-1-2-4-10(9)11(12)7-13-15(23)20(8-14(21)22)17(25)26-13/h1-7,16H,8H2,(H,21,22)/b13-7+. The normalized spacial score (nSPS) is 16.1. The smallest absolute Gasteiger partial charge is 0.387 e. The van der Waals surface area contributed by atoms with Crippen LogP contribution in [0, 0.1) is 0 Å². The van der Waals surface area contributed by atoms with Gasteiger partial charge in [-0.2, -0.15) is 8.78 Å². The van der Waals surface area contributed by atoms with Gasteiger partial charge in [-0.25, -0.2) is 0 Å². The zero-order valence-corrected chi connectivity index (χ0v) is 14.7. The van der Waals surface area contributed by atoms with Crippen molar-refractivity contribution < 1.29 is 28.2 Å². The zero-order chi connectivity index (χ0) is 18.8. The maximum absolute atomic E-state index is 12.7. The van der Waals surface area contributed by atoms with Crippen LogP contribution in [-0.2, 0) is 9.59 Å². The number of aliphatic carboxylic acids is 1. The minimum absolute atomic E-state index is 0.0813. The highest BCUT2D eigenvalue weighted by Gasteiger charge is 2.33. The second-order valence-corrected chi connectivity index (χ2v) is 6.91. The van der Waals surface area contributed by atoms with Gasteiger partial charge < -0.3 is 9.84 Å². The summed E-state index contributed by atoms with van der Waals surface area (Å²) in [4.78, 5) is 24.4. The summed E-state index contributed by atoms with van der Waals surface area (Å²) >= 11 is 5.96. The lowest BCUT2D eigenvalue weighted by atomic mass is 10.0. The van der Waals surface area contributed by atoms with Crippen LogP contribution >= 0.6 is 24.0 Å². The van der Waals surface area contributed by atoms with Gasteiger partial charge in [-0.05, 0) is 22.9 Å². The fourth-order valence-electron chi connectivity index (χ4n) is 2.53. The zero-order valence-electron chi connectivity index (χ0n) is 13.0. The van der Waals surface area contributed by atoms with Crippen LogP contribution in [0.2, 0.25) is 0 Å². The molecule has 0 atom stereocenters. The molecule has 26 heavy (non-hydrogen) atoms. The molecule has 0 bridgehead atoms. The number of thiocarbonyl (C=S) groups is 1. The first-order valence-electron chi connectivity index (χ1n) is 7.30. The summed E-state index contributed by atoms with van der Waals surface area (Å²) in [6, 6.07) is 10.1. The average molecular weight is 395 g/mol. The maximum atomic E-state index is 12.7. The van der Waals surface area contributed by atoms with Gasteiger partial charge in [0.2, 0.25) is 0 Å². The molecule has 9 heteroatoms. The molecular weight excluding hydrogens is 384 g/mol. The molecule has 0 unspecified atom stereocenters. The molecule has 1 heterocycles. The van der Waals surface area contributed by atoms with E-state index in [-0.39, 0.29) is 15.0 Å². The number of ether oxygens (including phenoxy) is 1. The van der Waals surface area contributed by atoms with E-state index >= 15 is 0 Å². The summed E-state index contributed by atoms with van der Waals surface area (Å²) in [6.45, 7) is -3.58. The van der Waals surface area contributed by atoms with Crippen molar-refractivity contribution in [3.8, 4) is 5.75 Å². The first kappa shape index (κ1) is 18.3. The van der Waals surface area contributed by atoms with Crippen molar-refractivity contribution in [2.24, 2.45) is 0 Å². The molecule has 1 amide bonds. The lowest BCUT2D eigenvalue weighted by molar-refractivity contribution is -0.140. The predicted molar refractivity (Wildman–Crippen MR) is 98.1 cm³/mol. The number of nitrogens with zero attached hydrogens (tertiary/aromatic N) is 1. The summed E-state index contributed by atoms with van der Waals surface area (Å²) in [5, 5.41) is 10.3. The Morgan fingerprint density at radius 1 is 1.31 bits per heavy atom. The molecule has 1 N–H and O–H groups in total. The summed E-state index contributed by atoms with van der Waals surface area (Å²) in [6.07, 6.45) is 1.40. The van der Waals surface area contributed by atoms with Gasteiger partial charge in [0, 0.05) is 5.56 Å². The summed E-state index contributed by atoms with van der Waals surface area (Å²) in [5.41, 5.74) is 0.305. The molecule has 134 valence electrons. The molecular formula is C17H11F2NO4S2. The van der Waals surface area contributed by atoms with Crippen molar-refractivity contribution in [2.45, 2.75) is 6.61 Å². The van der Waals surface area contributed by atoms with Crippen LogP contribution in [-0.4, -0.2) is 39.4 Å². The highest BCUT2D eigenvalue weighted by atomic mass is 32.2. The van der Waals surface area contributed by atoms with Crippen molar-refractivity contribution >= 4 is 57.0 Å². The molecule has 0 saturated carbocycles. The highest BCUT2D eigenvalue weighted by molar-refractivity contribution is 8.26. The average Bonchev–Trinajstić information content (AvgIpc) is 2.83. The minimum Gasteiger partial charge on any atom is -0.480 e. The first-order chi connectivity index (χ1) is 12.4. The number of rotatable bonds is 5. The number of hydrogen-bond donors (Lipinski definition) is 1. The third kappa shape index (κ3) is 3.68. The second kappa shape index (κ2) is 7.38. The van der Waals surface area contributed by atoms with Crippen molar-refractivity contribution in [2.75, 3.05) is 6.54 Å². The van der Waals surface area contributed by atoms with Crippen LogP contribution in [0.25, 0.3) is 16.8 Å². The molecule has 5 nitrogen and oxygen atoms in total. The minimum atomic E-state index is -3.02. The Balaban J connectivity index is 2.09. The van der Waals surface area contributed by atoms with Crippen LogP contribution in [0.1, 0.15) is 5.56 Å². The van der Waals surface area contributed by atoms with Crippen LogP contribution in [0.4, 0.5) is 8.78 Å². The number of carbonyl (C=O) groups is 2. The van der Waals surface area contributed by atoms with Gasteiger partial charge in [0.1, 0.15) is 16.6 Å². The number of carboxylic acids is 1. The van der Waals surface area contributed by atoms with E-state index in [1.54, 1.807) is 30.3 Å². The molecule has 2 aromatic rings. The van der Waals surface area contributed by atoms with Crippen molar-refractivity contribution in [1.82, 2.24) is 4.90 Å². The number of fused-ring (bicyclic) bond motifs is 1. The molecule has 0 spiro atoms. The molecule has 0 aromatic heterocycles. The number of hydrogen-bond acceptors (Lipinski definition) is 5. The largest absolute Gasteiger partial charge is 0.480 e. The third-order valence-electron chi connectivity index (χ3n) is 3.59. The quantitative estimate of drug-likeness (QED) is 0.615. The van der Waals surface area contributed by atoms with Gasteiger partial charge in [0.15, 0.2) is 0 Å². The fourth-order valence-corrected chi connectivity index (χ4v) is 3.76. The Bertz CT molecular complexity index is 946. The number of carbonyl (C=O) groups excluding carboxylic acids is 1. The van der Waals surface area contributed by atoms with E-state index in [0.717, 1.165) is 22.0 Å². The maximum Gasteiger partial charge on any atom is 0.387 e. The van der Waals surface area contributed by atoms with Crippen LogP contribution in [0.5, 0.6) is 5.75 Å². The summed E-state index contributed by atoms with van der Waals surface area (Å²) in [5.74, 6) is -1.87. The van der Waals surface area contributed by atoms with Crippen molar-refractivity contribution in [1.29, 1.82) is 0 Å². The van der Waals surface area contributed by atoms with E-state index in [1.165, 1.54) is 12.1 Å². The monoisotopic (exact) mass is 395 g/mol. The molecule has 1 fully saturated rings. The Labute approximate surface area is 156 Å². The molecule has 1 aliphatic rings. The number of alkyl halides is 2. The second-order valence-electron chi connectivity index (χ2n) is 5.24. The van der Waals surface area contributed by atoms with E-state index in [9.17, 15) is 18.4 Å². The van der Waals surface area contributed by atoms with Gasteiger partial charge in [-0.3, -0.25) is 14.5 Å². The Morgan fingerprint density at radius 3 is 2.73 bits per heavy atom.